The van der Waals surface area contributed by atoms with Gasteiger partial charge in [0.05, 0.1) is 0 Å². The topological polar surface area (TPSA) is 54.3 Å². The van der Waals surface area contributed by atoms with E-state index in [9.17, 15) is 4.79 Å². The molecule has 16 heavy (non-hydrogen) atoms. The summed E-state index contributed by atoms with van der Waals surface area (Å²) in [6.07, 6.45) is 2.24. The van der Waals surface area contributed by atoms with Crippen LogP contribution in [0.25, 0.3) is 0 Å². The minimum absolute atomic E-state index is 0.142. The molecule has 1 aromatic rings. The van der Waals surface area contributed by atoms with Gasteiger partial charge in [0.25, 0.3) is 5.91 Å². The molecule has 0 spiro atoms. The highest BCUT2D eigenvalue weighted by atomic mass is 79.9. The van der Waals surface area contributed by atoms with Crippen LogP contribution in [0, 0.1) is 5.92 Å². The molecule has 0 saturated carbocycles. The fourth-order valence-electron chi connectivity index (χ4n) is 1.87. The van der Waals surface area contributed by atoms with Gasteiger partial charge in [-0.15, -0.1) is 0 Å². The standard InChI is InChI=1S/C11H15BrN2O2/c12-10-2-1-9(16-10)11(15)14-6-4-8-3-5-13-7-8/h1-2,8,13H,3-7H2,(H,14,15). The van der Waals surface area contributed by atoms with Crippen LogP contribution in [0.4, 0.5) is 0 Å². The molecule has 88 valence electrons. The Morgan fingerprint density at radius 2 is 2.50 bits per heavy atom. The van der Waals surface area contributed by atoms with Gasteiger partial charge in [0.1, 0.15) is 0 Å². The number of hydrogen-bond donors (Lipinski definition) is 2. The fraction of sp³-hybridized carbons (Fsp3) is 0.545. The summed E-state index contributed by atoms with van der Waals surface area (Å²) in [5.74, 6) is 0.914. The second kappa shape index (κ2) is 5.50. The SMILES string of the molecule is O=C(NCCC1CCNC1)c1ccc(Br)o1. The van der Waals surface area contributed by atoms with Crippen molar-refractivity contribution in [3.8, 4) is 0 Å². The number of carbonyl (C=O) groups excluding carboxylic acids is 1. The Kier molecular flexibility index (Phi) is 4.01. The van der Waals surface area contributed by atoms with Crippen molar-refractivity contribution < 1.29 is 9.21 Å². The van der Waals surface area contributed by atoms with Gasteiger partial charge in [-0.25, -0.2) is 0 Å². The van der Waals surface area contributed by atoms with Gasteiger partial charge in [0, 0.05) is 6.54 Å². The lowest BCUT2D eigenvalue weighted by atomic mass is 10.1. The summed E-state index contributed by atoms with van der Waals surface area (Å²) in [5, 5.41) is 6.17. The van der Waals surface area contributed by atoms with Crippen molar-refractivity contribution in [3.63, 3.8) is 0 Å². The monoisotopic (exact) mass is 286 g/mol. The molecule has 1 unspecified atom stereocenters. The van der Waals surface area contributed by atoms with E-state index in [2.05, 4.69) is 26.6 Å². The van der Waals surface area contributed by atoms with Crippen LogP contribution in [0.1, 0.15) is 23.4 Å². The molecule has 1 atom stereocenters. The first-order valence-corrected chi connectivity index (χ1v) is 6.29. The fourth-order valence-corrected chi connectivity index (χ4v) is 2.18. The highest BCUT2D eigenvalue weighted by molar-refractivity contribution is 9.10. The van der Waals surface area contributed by atoms with Gasteiger partial charge in [-0.3, -0.25) is 4.79 Å². The number of halogens is 1. The number of hydrogen-bond acceptors (Lipinski definition) is 3. The summed E-state index contributed by atoms with van der Waals surface area (Å²) in [5.41, 5.74) is 0. The van der Waals surface area contributed by atoms with Crippen molar-refractivity contribution >= 4 is 21.8 Å². The minimum Gasteiger partial charge on any atom is -0.444 e. The number of amides is 1. The molecule has 4 nitrogen and oxygen atoms in total. The molecule has 2 heterocycles. The average Bonchev–Trinajstić information content (AvgIpc) is 2.89. The summed E-state index contributed by atoms with van der Waals surface area (Å²) in [6.45, 7) is 2.88. The van der Waals surface area contributed by atoms with E-state index >= 15 is 0 Å². The molecule has 1 aromatic heterocycles. The molecule has 1 saturated heterocycles. The Bertz CT molecular complexity index is 359. The summed E-state index contributed by atoms with van der Waals surface area (Å²) >= 11 is 3.17. The van der Waals surface area contributed by atoms with E-state index in [4.69, 9.17) is 4.42 Å². The van der Waals surface area contributed by atoms with Crippen LogP contribution < -0.4 is 10.6 Å². The zero-order valence-corrected chi connectivity index (χ0v) is 10.5. The lowest BCUT2D eigenvalue weighted by molar-refractivity contribution is 0.0922. The molecule has 0 aliphatic carbocycles. The van der Waals surface area contributed by atoms with Crippen LogP contribution in [0.3, 0.4) is 0 Å². The Morgan fingerprint density at radius 1 is 1.62 bits per heavy atom. The van der Waals surface area contributed by atoms with Crippen LogP contribution in [-0.2, 0) is 0 Å². The normalized spacial score (nSPS) is 19.9. The summed E-state index contributed by atoms with van der Waals surface area (Å²) in [7, 11) is 0. The van der Waals surface area contributed by atoms with E-state index < -0.39 is 0 Å². The quantitative estimate of drug-likeness (QED) is 0.887. The number of furan rings is 1. The van der Waals surface area contributed by atoms with Crippen molar-refractivity contribution in [2.24, 2.45) is 5.92 Å². The molecule has 0 radical (unpaired) electrons. The van der Waals surface area contributed by atoms with Crippen LogP contribution in [0.15, 0.2) is 21.2 Å². The van der Waals surface area contributed by atoms with Gasteiger partial charge in [0.15, 0.2) is 10.4 Å². The van der Waals surface area contributed by atoms with Gasteiger partial charge >= 0.3 is 0 Å². The van der Waals surface area contributed by atoms with E-state index in [1.165, 1.54) is 6.42 Å². The van der Waals surface area contributed by atoms with Crippen LogP contribution in [0.5, 0.6) is 0 Å². The first kappa shape index (κ1) is 11.7. The molecule has 2 rings (SSSR count). The van der Waals surface area contributed by atoms with E-state index in [0.717, 1.165) is 19.5 Å². The third-order valence-corrected chi connectivity index (χ3v) is 3.22. The van der Waals surface area contributed by atoms with Gasteiger partial charge in [-0.1, -0.05) is 0 Å². The largest absolute Gasteiger partial charge is 0.444 e. The molecule has 2 N–H and O–H groups in total. The summed E-state index contributed by atoms with van der Waals surface area (Å²) < 4.78 is 5.74. The molecule has 1 fully saturated rings. The van der Waals surface area contributed by atoms with Crippen molar-refractivity contribution in [2.75, 3.05) is 19.6 Å². The Morgan fingerprint density at radius 3 is 3.12 bits per heavy atom. The predicted octanol–water partition coefficient (Wildman–Crippen LogP) is 1.77. The molecule has 5 heteroatoms. The summed E-state index contributed by atoms with van der Waals surface area (Å²) in [6, 6.07) is 3.38. The van der Waals surface area contributed by atoms with Gasteiger partial charge < -0.3 is 15.1 Å². The van der Waals surface area contributed by atoms with Crippen LogP contribution >= 0.6 is 15.9 Å². The second-order valence-electron chi connectivity index (χ2n) is 4.01. The number of carbonyl (C=O) groups is 1. The maximum absolute atomic E-state index is 11.6. The van der Waals surface area contributed by atoms with Crippen LogP contribution in [-0.4, -0.2) is 25.5 Å². The molecule has 0 bridgehead atoms. The Labute approximate surface area is 103 Å². The van der Waals surface area contributed by atoms with Crippen molar-refractivity contribution in [2.45, 2.75) is 12.8 Å². The maximum Gasteiger partial charge on any atom is 0.287 e. The van der Waals surface area contributed by atoms with E-state index in [1.54, 1.807) is 12.1 Å². The van der Waals surface area contributed by atoms with E-state index in [1.807, 2.05) is 0 Å². The minimum atomic E-state index is -0.142. The van der Waals surface area contributed by atoms with Crippen molar-refractivity contribution in [3.05, 3.63) is 22.6 Å². The highest BCUT2D eigenvalue weighted by Crippen LogP contribution is 2.14. The lowest BCUT2D eigenvalue weighted by Crippen LogP contribution is -2.26. The zero-order valence-electron chi connectivity index (χ0n) is 8.96. The van der Waals surface area contributed by atoms with Crippen molar-refractivity contribution in [1.82, 2.24) is 10.6 Å². The Hall–Kier alpha value is -0.810. The number of rotatable bonds is 4. The van der Waals surface area contributed by atoms with E-state index in [0.29, 0.717) is 22.9 Å². The maximum atomic E-state index is 11.6. The molecule has 0 aromatic carbocycles. The smallest absolute Gasteiger partial charge is 0.287 e. The highest BCUT2D eigenvalue weighted by Gasteiger charge is 2.15. The molecule has 1 aliphatic rings. The van der Waals surface area contributed by atoms with Gasteiger partial charge in [-0.2, -0.15) is 0 Å². The zero-order chi connectivity index (χ0) is 11.4. The Balaban J connectivity index is 1.71. The summed E-state index contributed by atoms with van der Waals surface area (Å²) in [4.78, 5) is 11.6. The third-order valence-electron chi connectivity index (χ3n) is 2.80. The average molecular weight is 287 g/mol. The molecule has 1 aliphatic heterocycles. The van der Waals surface area contributed by atoms with Crippen LogP contribution in [0.2, 0.25) is 0 Å². The first-order chi connectivity index (χ1) is 7.75. The van der Waals surface area contributed by atoms with Gasteiger partial charge in [-0.05, 0) is 59.9 Å². The van der Waals surface area contributed by atoms with Gasteiger partial charge in [0.2, 0.25) is 0 Å². The van der Waals surface area contributed by atoms with Crippen molar-refractivity contribution in [1.29, 1.82) is 0 Å². The molecule has 1 amide bonds. The lowest BCUT2D eigenvalue weighted by Gasteiger charge is -2.08. The first-order valence-electron chi connectivity index (χ1n) is 5.50. The van der Waals surface area contributed by atoms with E-state index in [-0.39, 0.29) is 5.91 Å². The molecular formula is C11H15BrN2O2. The third kappa shape index (κ3) is 3.09. The predicted molar refractivity (Wildman–Crippen MR) is 64.3 cm³/mol. The molecular weight excluding hydrogens is 272 g/mol. The number of nitrogens with one attached hydrogen (secondary N) is 2. The second-order valence-corrected chi connectivity index (χ2v) is 4.79.